The van der Waals surface area contributed by atoms with Crippen molar-refractivity contribution in [3.05, 3.63) is 47.5 Å². The van der Waals surface area contributed by atoms with Crippen LogP contribution in [0.25, 0.3) is 22.2 Å². The van der Waals surface area contributed by atoms with Gasteiger partial charge >= 0.3 is 5.97 Å². The average molecular weight is 532 g/mol. The van der Waals surface area contributed by atoms with Gasteiger partial charge in [0.25, 0.3) is 0 Å². The van der Waals surface area contributed by atoms with Gasteiger partial charge in [0.05, 0.1) is 17.9 Å². The minimum atomic E-state index is -0.868. The molecule has 0 bridgehead atoms. The van der Waals surface area contributed by atoms with Crippen LogP contribution in [0.4, 0.5) is 5.69 Å². The molecule has 6 heteroatoms. The molecule has 0 saturated heterocycles. The lowest BCUT2D eigenvalue weighted by atomic mass is 9.81. The Morgan fingerprint density at radius 3 is 2.62 bits per heavy atom. The quantitative estimate of drug-likeness (QED) is 0.299. The number of ether oxygens (including phenoxy) is 1. The summed E-state index contributed by atoms with van der Waals surface area (Å²) in [4.78, 5) is 16.9. The van der Waals surface area contributed by atoms with E-state index in [0.29, 0.717) is 24.0 Å². The van der Waals surface area contributed by atoms with Gasteiger partial charge in [-0.2, -0.15) is 0 Å². The fraction of sp³-hybridized carbons (Fsp3) is 0.545. The minimum Gasteiger partial charge on any atom is -0.494 e. The number of carboxylic acid groups (broad SMARTS) is 1. The summed E-state index contributed by atoms with van der Waals surface area (Å²) >= 11 is 0. The third-order valence-corrected chi connectivity index (χ3v) is 8.91. The summed E-state index contributed by atoms with van der Waals surface area (Å²) in [6.45, 7) is 12.0. The van der Waals surface area contributed by atoms with E-state index >= 15 is 0 Å². The largest absolute Gasteiger partial charge is 0.494 e. The summed E-state index contributed by atoms with van der Waals surface area (Å²) in [6, 6.07) is 12.3. The van der Waals surface area contributed by atoms with Crippen molar-refractivity contribution in [1.82, 2.24) is 9.47 Å². The summed E-state index contributed by atoms with van der Waals surface area (Å²) in [5.41, 5.74) is 6.60. The number of nitrogens with zero attached hydrogens (tertiary/aromatic N) is 3. The number of aromatic carboxylic acids is 1. The topological polar surface area (TPSA) is 57.9 Å². The van der Waals surface area contributed by atoms with E-state index in [0.717, 1.165) is 44.0 Å². The normalized spacial score (nSPS) is 16.7. The first-order valence-corrected chi connectivity index (χ1v) is 15.0. The molecule has 2 heterocycles. The molecule has 1 aliphatic carbocycles. The molecule has 2 aromatic carbocycles. The van der Waals surface area contributed by atoms with Gasteiger partial charge in [0.2, 0.25) is 0 Å². The van der Waals surface area contributed by atoms with E-state index in [4.69, 9.17) is 4.74 Å². The van der Waals surface area contributed by atoms with Crippen molar-refractivity contribution in [3.63, 3.8) is 0 Å². The number of hydrogen-bond acceptors (Lipinski definition) is 4. The monoisotopic (exact) mass is 531 g/mol. The smallest absolute Gasteiger partial charge is 0.335 e. The molecule has 1 N–H and O–H groups in total. The Hall–Kier alpha value is -2.99. The van der Waals surface area contributed by atoms with E-state index in [9.17, 15) is 9.90 Å². The molecule has 39 heavy (non-hydrogen) atoms. The SMILES string of the molecule is CCOc1ccc2c(c1)N(CCN(C)CC(C)CC)CCn1c-2c(C2CCCCC2)c2ccc(C(=O)O)cc21. The van der Waals surface area contributed by atoms with Gasteiger partial charge in [-0.25, -0.2) is 4.79 Å². The minimum absolute atomic E-state index is 0.359. The molecule has 6 nitrogen and oxygen atoms in total. The van der Waals surface area contributed by atoms with Crippen molar-refractivity contribution in [2.24, 2.45) is 5.92 Å². The first kappa shape index (κ1) is 27.6. The van der Waals surface area contributed by atoms with Gasteiger partial charge in [0, 0.05) is 60.9 Å². The Bertz CT molecular complexity index is 1310. The average Bonchev–Trinajstić information content (AvgIpc) is 3.17. The number of rotatable bonds is 10. The molecule has 210 valence electrons. The number of aromatic nitrogens is 1. The number of benzene rings is 2. The molecule has 5 rings (SSSR count). The highest BCUT2D eigenvalue weighted by molar-refractivity contribution is 5.99. The number of hydrogen-bond donors (Lipinski definition) is 1. The van der Waals surface area contributed by atoms with Crippen molar-refractivity contribution in [3.8, 4) is 17.0 Å². The predicted octanol–water partition coefficient (Wildman–Crippen LogP) is 7.25. The van der Waals surface area contributed by atoms with Gasteiger partial charge in [0.1, 0.15) is 5.75 Å². The molecule has 1 aromatic heterocycles. The van der Waals surface area contributed by atoms with Crippen molar-refractivity contribution in [1.29, 1.82) is 0 Å². The Balaban J connectivity index is 1.63. The second-order valence-corrected chi connectivity index (χ2v) is 11.7. The van der Waals surface area contributed by atoms with Gasteiger partial charge in [-0.05, 0) is 68.5 Å². The highest BCUT2D eigenvalue weighted by atomic mass is 16.5. The van der Waals surface area contributed by atoms with E-state index < -0.39 is 5.97 Å². The molecular formula is C33H45N3O3. The fourth-order valence-corrected chi connectivity index (χ4v) is 6.68. The standard InChI is InChI=1S/C33H45N3O3/c1-5-23(3)22-34(4)16-17-35-18-19-36-30-20-25(33(37)38)12-14-27(30)31(24-10-8-7-9-11-24)32(36)28-15-13-26(39-6-2)21-29(28)35/h12-15,20-21,23-24H,5-11,16-19,22H2,1-4H3,(H,37,38). The maximum atomic E-state index is 11.9. The first-order valence-electron chi connectivity index (χ1n) is 15.0. The number of carbonyl (C=O) groups is 1. The molecule has 0 radical (unpaired) electrons. The predicted molar refractivity (Wildman–Crippen MR) is 160 cm³/mol. The Morgan fingerprint density at radius 2 is 1.90 bits per heavy atom. The Morgan fingerprint density at radius 1 is 1.10 bits per heavy atom. The van der Waals surface area contributed by atoms with Crippen molar-refractivity contribution in [2.75, 3.05) is 44.7 Å². The van der Waals surface area contributed by atoms with Crippen LogP contribution >= 0.6 is 0 Å². The van der Waals surface area contributed by atoms with Gasteiger partial charge in [-0.15, -0.1) is 0 Å². The Kier molecular flexibility index (Phi) is 8.51. The molecule has 1 unspecified atom stereocenters. The molecular weight excluding hydrogens is 486 g/mol. The van der Waals surface area contributed by atoms with E-state index in [1.807, 2.05) is 13.0 Å². The van der Waals surface area contributed by atoms with Crippen LogP contribution < -0.4 is 9.64 Å². The maximum Gasteiger partial charge on any atom is 0.335 e. The van der Waals surface area contributed by atoms with Crippen LogP contribution in [0.1, 0.15) is 81.1 Å². The number of fused-ring (bicyclic) bond motifs is 5. The third kappa shape index (κ3) is 5.67. The van der Waals surface area contributed by atoms with Crippen LogP contribution in [0.5, 0.6) is 5.75 Å². The fourth-order valence-electron chi connectivity index (χ4n) is 6.68. The van der Waals surface area contributed by atoms with E-state index in [2.05, 4.69) is 59.5 Å². The summed E-state index contributed by atoms with van der Waals surface area (Å²) in [6.07, 6.45) is 7.41. The van der Waals surface area contributed by atoms with Crippen LogP contribution in [-0.2, 0) is 6.54 Å². The molecule has 1 saturated carbocycles. The van der Waals surface area contributed by atoms with Crippen LogP contribution in [0.2, 0.25) is 0 Å². The molecule has 0 amide bonds. The van der Waals surface area contributed by atoms with Crippen LogP contribution in [0.3, 0.4) is 0 Å². The highest BCUT2D eigenvalue weighted by Gasteiger charge is 2.31. The number of anilines is 1. The van der Waals surface area contributed by atoms with Crippen LogP contribution in [0, 0.1) is 5.92 Å². The van der Waals surface area contributed by atoms with E-state index in [-0.39, 0.29) is 0 Å². The Labute approximate surface area is 233 Å². The first-order chi connectivity index (χ1) is 18.9. The number of likely N-dealkylation sites (N-methyl/N-ethyl adjacent to an activating group) is 1. The molecule has 3 aromatic rings. The van der Waals surface area contributed by atoms with Crippen LogP contribution in [0.15, 0.2) is 36.4 Å². The van der Waals surface area contributed by atoms with Crippen molar-refractivity contribution >= 4 is 22.6 Å². The molecule has 1 aliphatic heterocycles. The third-order valence-electron chi connectivity index (χ3n) is 8.91. The molecule has 1 fully saturated rings. The summed E-state index contributed by atoms with van der Waals surface area (Å²) in [5.74, 6) is 1.23. The maximum absolute atomic E-state index is 11.9. The lowest BCUT2D eigenvalue weighted by Gasteiger charge is -2.29. The second-order valence-electron chi connectivity index (χ2n) is 11.7. The highest BCUT2D eigenvalue weighted by Crippen LogP contribution is 2.48. The van der Waals surface area contributed by atoms with Crippen molar-refractivity contribution < 1.29 is 14.6 Å². The van der Waals surface area contributed by atoms with Gasteiger partial charge in [0.15, 0.2) is 0 Å². The van der Waals surface area contributed by atoms with Gasteiger partial charge in [-0.3, -0.25) is 0 Å². The van der Waals surface area contributed by atoms with Crippen LogP contribution in [-0.4, -0.2) is 60.4 Å². The van der Waals surface area contributed by atoms with Gasteiger partial charge in [-0.1, -0.05) is 45.6 Å². The molecule has 2 aliphatic rings. The summed E-state index contributed by atoms with van der Waals surface area (Å²) < 4.78 is 8.40. The van der Waals surface area contributed by atoms with E-state index in [1.165, 1.54) is 66.4 Å². The summed E-state index contributed by atoms with van der Waals surface area (Å²) in [5, 5.41) is 11.0. The number of carboxylic acids is 1. The lowest BCUT2D eigenvalue weighted by molar-refractivity contribution is 0.0697. The van der Waals surface area contributed by atoms with Gasteiger partial charge < -0.3 is 24.2 Å². The zero-order valence-electron chi connectivity index (χ0n) is 24.2. The molecule has 1 atom stereocenters. The zero-order valence-corrected chi connectivity index (χ0v) is 24.2. The lowest BCUT2D eigenvalue weighted by Crippen LogP contribution is -2.36. The summed E-state index contributed by atoms with van der Waals surface area (Å²) in [7, 11) is 2.23. The zero-order chi connectivity index (χ0) is 27.5. The second kappa shape index (κ2) is 12.0. The van der Waals surface area contributed by atoms with Crippen molar-refractivity contribution in [2.45, 2.75) is 71.8 Å². The van der Waals surface area contributed by atoms with E-state index in [1.54, 1.807) is 6.07 Å². The molecule has 0 spiro atoms.